The molecule has 0 aromatic carbocycles. The number of aryl methyl sites for hydroxylation is 1. The molecular weight excluding hydrogens is 268 g/mol. The summed E-state index contributed by atoms with van der Waals surface area (Å²) in [6.07, 6.45) is 6.95. The minimum Gasteiger partial charge on any atom is -0.352 e. The van der Waals surface area contributed by atoms with E-state index in [0.29, 0.717) is 26.1 Å². The molecule has 0 radical (unpaired) electrons. The van der Waals surface area contributed by atoms with Crippen LogP contribution in [-0.4, -0.2) is 45.6 Å². The second-order valence-corrected chi connectivity index (χ2v) is 5.52. The predicted octanol–water partition coefficient (Wildman–Crippen LogP) is 1.10. The van der Waals surface area contributed by atoms with Crippen molar-refractivity contribution in [3.05, 3.63) is 18.0 Å². The molecule has 1 aliphatic heterocycles. The van der Waals surface area contributed by atoms with Gasteiger partial charge in [0, 0.05) is 25.7 Å². The minimum absolute atomic E-state index is 0.0413. The molecule has 2 heterocycles. The molecule has 6 nitrogen and oxygen atoms in total. The molecule has 1 aromatic rings. The summed E-state index contributed by atoms with van der Waals surface area (Å²) in [6, 6.07) is -0.300. The Morgan fingerprint density at radius 2 is 2.24 bits per heavy atom. The van der Waals surface area contributed by atoms with E-state index < -0.39 is 0 Å². The lowest BCUT2D eigenvalue weighted by Crippen LogP contribution is -2.52. The van der Waals surface area contributed by atoms with Crippen molar-refractivity contribution in [1.82, 2.24) is 20.0 Å². The van der Waals surface area contributed by atoms with Crippen LogP contribution in [0.3, 0.4) is 0 Å². The first-order valence-corrected chi connectivity index (χ1v) is 7.68. The van der Waals surface area contributed by atoms with Gasteiger partial charge in [-0.3, -0.25) is 14.3 Å². The number of carbonyl (C=O) groups is 2. The van der Waals surface area contributed by atoms with Crippen molar-refractivity contribution in [3.8, 4) is 0 Å². The molecule has 1 atom stereocenters. The van der Waals surface area contributed by atoms with Crippen LogP contribution in [0.5, 0.6) is 0 Å². The number of aromatic nitrogens is 2. The lowest BCUT2D eigenvalue weighted by molar-refractivity contribution is -0.142. The van der Waals surface area contributed by atoms with E-state index in [1.165, 1.54) is 0 Å². The van der Waals surface area contributed by atoms with Gasteiger partial charge in [0.2, 0.25) is 11.8 Å². The Morgan fingerprint density at radius 3 is 2.90 bits per heavy atom. The first-order chi connectivity index (χ1) is 10.1. The maximum Gasteiger partial charge on any atom is 0.242 e. The summed E-state index contributed by atoms with van der Waals surface area (Å²) in [4.78, 5) is 25.9. The summed E-state index contributed by atoms with van der Waals surface area (Å²) in [7, 11) is 0. The largest absolute Gasteiger partial charge is 0.352 e. The highest BCUT2D eigenvalue weighted by Crippen LogP contribution is 2.18. The van der Waals surface area contributed by atoms with Crippen LogP contribution in [-0.2, 0) is 16.1 Å². The quantitative estimate of drug-likeness (QED) is 0.883. The van der Waals surface area contributed by atoms with Crippen molar-refractivity contribution < 1.29 is 9.59 Å². The third-order valence-corrected chi connectivity index (χ3v) is 3.83. The lowest BCUT2D eigenvalue weighted by Gasteiger charge is -2.34. The van der Waals surface area contributed by atoms with Gasteiger partial charge < -0.3 is 10.2 Å². The number of rotatable bonds is 5. The van der Waals surface area contributed by atoms with Crippen LogP contribution in [0.2, 0.25) is 0 Å². The van der Waals surface area contributed by atoms with Crippen molar-refractivity contribution >= 4 is 11.8 Å². The zero-order valence-corrected chi connectivity index (χ0v) is 12.8. The highest BCUT2D eigenvalue weighted by Gasteiger charge is 2.30. The molecule has 0 saturated carbocycles. The van der Waals surface area contributed by atoms with E-state index in [0.717, 1.165) is 24.8 Å². The monoisotopic (exact) mass is 292 g/mol. The van der Waals surface area contributed by atoms with Crippen molar-refractivity contribution in [2.45, 2.75) is 52.1 Å². The van der Waals surface area contributed by atoms with Gasteiger partial charge in [-0.25, -0.2) is 0 Å². The molecule has 0 bridgehead atoms. The van der Waals surface area contributed by atoms with E-state index in [1.54, 1.807) is 11.1 Å². The second-order valence-electron chi connectivity index (χ2n) is 5.52. The molecule has 21 heavy (non-hydrogen) atoms. The molecule has 0 aliphatic carbocycles. The third-order valence-electron chi connectivity index (χ3n) is 3.83. The molecule has 2 rings (SSSR count). The van der Waals surface area contributed by atoms with Crippen LogP contribution in [0, 0.1) is 6.92 Å². The van der Waals surface area contributed by atoms with E-state index in [1.807, 2.05) is 24.7 Å². The summed E-state index contributed by atoms with van der Waals surface area (Å²) < 4.78 is 1.81. The smallest absolute Gasteiger partial charge is 0.242 e. The number of hydrogen-bond acceptors (Lipinski definition) is 3. The Labute approximate surface area is 125 Å². The van der Waals surface area contributed by atoms with E-state index >= 15 is 0 Å². The number of hydrogen-bond donors (Lipinski definition) is 1. The van der Waals surface area contributed by atoms with Crippen LogP contribution >= 0.6 is 0 Å². The molecule has 116 valence electrons. The minimum atomic E-state index is -0.300. The summed E-state index contributed by atoms with van der Waals surface area (Å²) in [5.74, 6) is 0.0259. The molecule has 6 heteroatoms. The summed E-state index contributed by atoms with van der Waals surface area (Å²) in [5.41, 5.74) is 1.10. The Hall–Kier alpha value is -1.85. The predicted molar refractivity (Wildman–Crippen MR) is 79.6 cm³/mol. The number of likely N-dealkylation sites (tertiary alicyclic amines) is 1. The van der Waals surface area contributed by atoms with Gasteiger partial charge >= 0.3 is 0 Å². The van der Waals surface area contributed by atoms with E-state index in [4.69, 9.17) is 0 Å². The number of nitrogens with zero attached hydrogens (tertiary/aromatic N) is 3. The van der Waals surface area contributed by atoms with E-state index in [-0.39, 0.29) is 17.9 Å². The zero-order valence-electron chi connectivity index (χ0n) is 12.8. The molecule has 1 N–H and O–H groups in total. The molecule has 1 aliphatic rings. The highest BCUT2D eigenvalue weighted by atomic mass is 16.2. The van der Waals surface area contributed by atoms with Crippen LogP contribution in [0.15, 0.2) is 12.4 Å². The van der Waals surface area contributed by atoms with Gasteiger partial charge in [-0.2, -0.15) is 5.10 Å². The van der Waals surface area contributed by atoms with Gasteiger partial charge in [-0.05, 0) is 31.7 Å². The number of carbonyl (C=O) groups excluding carboxylic acids is 2. The van der Waals surface area contributed by atoms with Gasteiger partial charge in [0.1, 0.15) is 6.04 Å². The Balaban J connectivity index is 1.84. The lowest BCUT2D eigenvalue weighted by atomic mass is 10.0. The molecule has 0 unspecified atom stereocenters. The fraction of sp³-hybridized carbons (Fsp3) is 0.667. The first kappa shape index (κ1) is 15.5. The molecule has 1 fully saturated rings. The molecule has 1 saturated heterocycles. The third kappa shape index (κ3) is 4.06. The van der Waals surface area contributed by atoms with E-state index in [9.17, 15) is 9.59 Å². The van der Waals surface area contributed by atoms with Crippen LogP contribution in [0.25, 0.3) is 0 Å². The number of amides is 2. The van der Waals surface area contributed by atoms with Gasteiger partial charge in [-0.15, -0.1) is 0 Å². The molecule has 2 amide bonds. The average molecular weight is 292 g/mol. The Bertz CT molecular complexity index is 498. The average Bonchev–Trinajstić information content (AvgIpc) is 2.91. The van der Waals surface area contributed by atoms with Crippen molar-refractivity contribution in [2.75, 3.05) is 13.1 Å². The van der Waals surface area contributed by atoms with Gasteiger partial charge in [-0.1, -0.05) is 6.92 Å². The van der Waals surface area contributed by atoms with Crippen molar-refractivity contribution in [2.24, 2.45) is 0 Å². The maximum absolute atomic E-state index is 12.3. The first-order valence-electron chi connectivity index (χ1n) is 7.68. The normalized spacial score (nSPS) is 18.6. The van der Waals surface area contributed by atoms with Crippen LogP contribution < -0.4 is 5.32 Å². The van der Waals surface area contributed by atoms with Gasteiger partial charge in [0.05, 0.1) is 12.7 Å². The zero-order chi connectivity index (χ0) is 15.2. The summed E-state index contributed by atoms with van der Waals surface area (Å²) >= 11 is 0. The maximum atomic E-state index is 12.3. The molecule has 0 spiro atoms. The van der Waals surface area contributed by atoms with Crippen LogP contribution in [0.1, 0.15) is 38.2 Å². The summed E-state index contributed by atoms with van der Waals surface area (Å²) in [5, 5.41) is 7.11. The fourth-order valence-corrected chi connectivity index (χ4v) is 2.71. The second kappa shape index (κ2) is 7.24. The SMILES string of the molecule is CCC(=O)N1CCCC[C@@H]1C(=O)NCCn1cc(C)cn1. The van der Waals surface area contributed by atoms with Gasteiger partial charge in [0.25, 0.3) is 0 Å². The topological polar surface area (TPSA) is 67.2 Å². The Kier molecular flexibility index (Phi) is 5.36. The number of nitrogens with one attached hydrogen (secondary N) is 1. The molecular formula is C15H24N4O2. The summed E-state index contributed by atoms with van der Waals surface area (Å²) in [6.45, 7) is 5.70. The van der Waals surface area contributed by atoms with Crippen molar-refractivity contribution in [3.63, 3.8) is 0 Å². The van der Waals surface area contributed by atoms with Gasteiger partial charge in [0.15, 0.2) is 0 Å². The van der Waals surface area contributed by atoms with Crippen LogP contribution in [0.4, 0.5) is 0 Å². The number of piperidine rings is 1. The van der Waals surface area contributed by atoms with E-state index in [2.05, 4.69) is 10.4 Å². The fourth-order valence-electron chi connectivity index (χ4n) is 2.71. The molecule has 1 aromatic heterocycles. The Morgan fingerprint density at radius 1 is 1.43 bits per heavy atom. The van der Waals surface area contributed by atoms with Crippen molar-refractivity contribution in [1.29, 1.82) is 0 Å². The standard InChI is InChI=1S/C15H24N4O2/c1-3-14(20)19-8-5-4-6-13(19)15(21)16-7-9-18-11-12(2)10-17-18/h10-11,13H,3-9H2,1-2H3,(H,16,21)/t13-/m1/s1. The highest BCUT2D eigenvalue weighted by molar-refractivity contribution is 5.87.